The zero-order valence-electron chi connectivity index (χ0n) is 14.3. The molecule has 0 aliphatic heterocycles. The van der Waals surface area contributed by atoms with Crippen LogP contribution in [0.4, 0.5) is 0 Å². The zero-order chi connectivity index (χ0) is 18.0. The van der Waals surface area contributed by atoms with Crippen molar-refractivity contribution in [1.82, 2.24) is 25.1 Å². The lowest BCUT2D eigenvalue weighted by molar-refractivity contribution is 0.0946. The highest BCUT2D eigenvalue weighted by Crippen LogP contribution is 2.10. The Bertz CT molecular complexity index is 921. The summed E-state index contributed by atoms with van der Waals surface area (Å²) in [5.74, 6) is 0.380. The third-order valence-electron chi connectivity index (χ3n) is 3.82. The average Bonchev–Trinajstić information content (AvgIpc) is 3.20. The molecule has 0 bridgehead atoms. The first-order valence-electron chi connectivity index (χ1n) is 7.90. The van der Waals surface area contributed by atoms with E-state index in [2.05, 4.69) is 20.4 Å². The minimum atomic E-state index is -0.268. The molecule has 7 heteroatoms. The van der Waals surface area contributed by atoms with E-state index in [-0.39, 0.29) is 11.7 Å². The van der Waals surface area contributed by atoms with E-state index in [0.717, 1.165) is 22.8 Å². The summed E-state index contributed by atoms with van der Waals surface area (Å²) in [6.07, 6.45) is 3.24. The minimum Gasteiger partial charge on any atom is -0.356 e. The lowest BCUT2D eigenvalue weighted by Gasteiger charge is -2.06. The van der Waals surface area contributed by atoms with E-state index < -0.39 is 0 Å². The van der Waals surface area contributed by atoms with Gasteiger partial charge in [0.05, 0.1) is 5.69 Å². The maximum Gasteiger partial charge on any atom is 0.267 e. The molecule has 7 nitrogen and oxygen atoms in total. The molecule has 3 aromatic heterocycles. The Morgan fingerprint density at radius 3 is 2.60 bits per heavy atom. The van der Waals surface area contributed by atoms with E-state index in [1.807, 2.05) is 32.0 Å². The van der Waals surface area contributed by atoms with Gasteiger partial charge in [0.1, 0.15) is 5.69 Å². The molecule has 0 unspecified atom stereocenters. The van der Waals surface area contributed by atoms with Crippen LogP contribution in [0, 0.1) is 13.8 Å². The summed E-state index contributed by atoms with van der Waals surface area (Å²) in [5.41, 5.74) is 3.67. The van der Waals surface area contributed by atoms with Crippen LogP contribution >= 0.6 is 0 Å². The van der Waals surface area contributed by atoms with Gasteiger partial charge in [0.2, 0.25) is 0 Å². The van der Waals surface area contributed by atoms with Gasteiger partial charge < -0.3 is 10.3 Å². The van der Waals surface area contributed by atoms with Crippen molar-refractivity contribution in [2.45, 2.75) is 27.3 Å². The van der Waals surface area contributed by atoms with Gasteiger partial charge in [0.15, 0.2) is 11.6 Å². The highest BCUT2D eigenvalue weighted by atomic mass is 16.2. The monoisotopic (exact) mass is 337 g/mol. The largest absolute Gasteiger partial charge is 0.356 e. The number of aryl methyl sites for hydroxylation is 2. The summed E-state index contributed by atoms with van der Waals surface area (Å²) < 4.78 is 1.78. The van der Waals surface area contributed by atoms with Gasteiger partial charge >= 0.3 is 0 Å². The van der Waals surface area contributed by atoms with Gasteiger partial charge in [-0.15, -0.1) is 0 Å². The predicted octanol–water partition coefficient (Wildman–Crippen LogP) is 2.34. The number of aromatic amines is 1. The second kappa shape index (κ2) is 6.72. The van der Waals surface area contributed by atoms with E-state index in [1.54, 1.807) is 16.9 Å². The Balaban J connectivity index is 1.64. The smallest absolute Gasteiger partial charge is 0.267 e. The van der Waals surface area contributed by atoms with Crippen LogP contribution in [0.15, 0.2) is 36.7 Å². The molecule has 0 fully saturated rings. The van der Waals surface area contributed by atoms with Crippen LogP contribution in [-0.2, 0) is 6.54 Å². The van der Waals surface area contributed by atoms with Gasteiger partial charge in [-0.1, -0.05) is 6.07 Å². The van der Waals surface area contributed by atoms with Crippen LogP contribution in [0.5, 0.6) is 0 Å². The number of carbonyl (C=O) groups excluding carboxylic acids is 2. The number of Topliss-reactive ketones (excluding diaryl/α,β-unsaturated/α-hetero) is 1. The van der Waals surface area contributed by atoms with Crippen molar-refractivity contribution in [2.24, 2.45) is 0 Å². The van der Waals surface area contributed by atoms with Crippen LogP contribution in [0.25, 0.3) is 5.82 Å². The first kappa shape index (κ1) is 16.6. The van der Waals surface area contributed by atoms with Crippen LogP contribution in [-0.4, -0.2) is 31.4 Å². The summed E-state index contributed by atoms with van der Waals surface area (Å²) in [6.45, 7) is 5.71. The average molecular weight is 337 g/mol. The van der Waals surface area contributed by atoms with Crippen molar-refractivity contribution in [3.05, 3.63) is 64.9 Å². The number of hydrogen-bond donors (Lipinski definition) is 2. The van der Waals surface area contributed by atoms with Gasteiger partial charge in [-0.25, -0.2) is 9.67 Å². The molecule has 0 atom stereocenters. The van der Waals surface area contributed by atoms with Crippen LogP contribution in [0.1, 0.15) is 44.7 Å². The van der Waals surface area contributed by atoms with Crippen molar-refractivity contribution < 1.29 is 9.59 Å². The number of nitrogens with zero attached hydrogens (tertiary/aromatic N) is 3. The number of pyridine rings is 1. The number of carbonyl (C=O) groups is 2. The summed E-state index contributed by atoms with van der Waals surface area (Å²) in [5, 5.41) is 7.19. The Morgan fingerprint density at radius 2 is 2.04 bits per heavy atom. The molecule has 3 rings (SSSR count). The van der Waals surface area contributed by atoms with Crippen LogP contribution in [0.2, 0.25) is 0 Å². The van der Waals surface area contributed by atoms with Crippen molar-refractivity contribution in [1.29, 1.82) is 0 Å². The number of aromatic nitrogens is 4. The summed E-state index contributed by atoms with van der Waals surface area (Å²) in [7, 11) is 0. The SMILES string of the molecule is CC(=O)c1c[nH]c(C(=O)NCc2ccc(-n3nc(C)cc3C)nc2)c1. The first-order valence-corrected chi connectivity index (χ1v) is 7.90. The van der Waals surface area contributed by atoms with Crippen molar-refractivity contribution in [2.75, 3.05) is 0 Å². The Labute approximate surface area is 145 Å². The molecule has 0 spiro atoms. The highest BCUT2D eigenvalue weighted by Gasteiger charge is 2.11. The number of H-pyrrole nitrogens is 1. The third kappa shape index (κ3) is 3.65. The normalized spacial score (nSPS) is 10.7. The van der Waals surface area contributed by atoms with Gasteiger partial charge in [0.25, 0.3) is 5.91 Å². The molecule has 0 aliphatic rings. The second-order valence-corrected chi connectivity index (χ2v) is 5.90. The van der Waals surface area contributed by atoms with Crippen LogP contribution in [0.3, 0.4) is 0 Å². The number of hydrogen-bond acceptors (Lipinski definition) is 4. The Morgan fingerprint density at radius 1 is 1.24 bits per heavy atom. The van der Waals surface area contributed by atoms with Gasteiger partial charge in [-0.2, -0.15) is 5.10 Å². The molecule has 0 saturated carbocycles. The molecule has 0 aromatic carbocycles. The van der Waals surface area contributed by atoms with Gasteiger partial charge in [-0.3, -0.25) is 9.59 Å². The molecule has 2 N–H and O–H groups in total. The quantitative estimate of drug-likeness (QED) is 0.699. The fourth-order valence-corrected chi connectivity index (χ4v) is 2.51. The number of amides is 1. The molecule has 3 aromatic rings. The van der Waals surface area contributed by atoms with Crippen LogP contribution < -0.4 is 5.32 Å². The maximum atomic E-state index is 12.1. The van der Waals surface area contributed by atoms with E-state index >= 15 is 0 Å². The zero-order valence-corrected chi connectivity index (χ0v) is 14.3. The summed E-state index contributed by atoms with van der Waals surface area (Å²) >= 11 is 0. The van der Waals surface area contributed by atoms with Crippen molar-refractivity contribution in [3.8, 4) is 5.82 Å². The van der Waals surface area contributed by atoms with E-state index in [4.69, 9.17) is 0 Å². The molecular formula is C18H19N5O2. The topological polar surface area (TPSA) is 92.7 Å². The van der Waals surface area contributed by atoms with E-state index in [0.29, 0.717) is 17.8 Å². The summed E-state index contributed by atoms with van der Waals surface area (Å²) in [6, 6.07) is 7.29. The number of nitrogens with one attached hydrogen (secondary N) is 2. The van der Waals surface area contributed by atoms with Gasteiger partial charge in [-0.05, 0) is 44.5 Å². The molecule has 0 radical (unpaired) electrons. The van der Waals surface area contributed by atoms with Gasteiger partial charge in [0, 0.05) is 30.2 Å². The second-order valence-electron chi connectivity index (χ2n) is 5.90. The lowest BCUT2D eigenvalue weighted by Crippen LogP contribution is -2.23. The minimum absolute atomic E-state index is 0.0840. The molecule has 1 amide bonds. The van der Waals surface area contributed by atoms with E-state index in [1.165, 1.54) is 13.1 Å². The number of ketones is 1. The first-order chi connectivity index (χ1) is 11.9. The molecule has 0 saturated heterocycles. The molecule has 25 heavy (non-hydrogen) atoms. The third-order valence-corrected chi connectivity index (χ3v) is 3.82. The van der Waals surface area contributed by atoms with Crippen molar-refractivity contribution in [3.63, 3.8) is 0 Å². The molecule has 0 aliphatic carbocycles. The summed E-state index contributed by atoms with van der Waals surface area (Å²) in [4.78, 5) is 30.6. The van der Waals surface area contributed by atoms with E-state index in [9.17, 15) is 9.59 Å². The molecule has 3 heterocycles. The standard InChI is InChI=1S/C18H19N5O2/c1-11-6-12(2)23(22-11)17-5-4-14(8-20-17)9-21-18(25)16-7-15(10-19-16)13(3)24/h4-8,10,19H,9H2,1-3H3,(H,21,25). The molecule has 128 valence electrons. The van der Waals surface area contributed by atoms with Crippen molar-refractivity contribution >= 4 is 11.7 Å². The Kier molecular flexibility index (Phi) is 4.47. The fourth-order valence-electron chi connectivity index (χ4n) is 2.51. The fraction of sp³-hybridized carbons (Fsp3) is 0.222. The molecular weight excluding hydrogens is 318 g/mol. The Hall–Kier alpha value is -3.22. The predicted molar refractivity (Wildman–Crippen MR) is 92.8 cm³/mol. The number of rotatable bonds is 5. The highest BCUT2D eigenvalue weighted by molar-refractivity contribution is 5.99. The maximum absolute atomic E-state index is 12.1. The lowest BCUT2D eigenvalue weighted by atomic mass is 10.2.